The van der Waals surface area contributed by atoms with Crippen LogP contribution in [0.4, 0.5) is 5.69 Å². The Hall–Kier alpha value is -2.60. The lowest BCUT2D eigenvalue weighted by Crippen LogP contribution is -2.37. The summed E-state index contributed by atoms with van der Waals surface area (Å²) in [5, 5.41) is 2.96. The average molecular weight is 381 g/mol. The van der Waals surface area contributed by atoms with Crippen LogP contribution in [0, 0.1) is 0 Å². The van der Waals surface area contributed by atoms with E-state index in [1.165, 1.54) is 5.56 Å². The Morgan fingerprint density at radius 3 is 2.82 bits per heavy atom. The third-order valence-corrected chi connectivity index (χ3v) is 5.55. The number of anilines is 1. The maximum Gasteiger partial charge on any atom is 0.270 e. The van der Waals surface area contributed by atoms with E-state index in [0.29, 0.717) is 19.7 Å². The Balaban J connectivity index is 1.48. The predicted octanol–water partition coefficient (Wildman–Crippen LogP) is 3.39. The molecule has 2 aliphatic heterocycles. The molecule has 28 heavy (non-hydrogen) atoms. The van der Waals surface area contributed by atoms with Gasteiger partial charge in [0.15, 0.2) is 0 Å². The molecule has 1 aromatic carbocycles. The van der Waals surface area contributed by atoms with Crippen LogP contribution in [-0.2, 0) is 22.5 Å². The number of hydrogen-bond acceptors (Lipinski definition) is 3. The monoisotopic (exact) mass is 381 g/mol. The molecule has 1 saturated heterocycles. The molecule has 3 heterocycles. The van der Waals surface area contributed by atoms with Gasteiger partial charge in [-0.05, 0) is 68.5 Å². The normalized spacial score (nSPS) is 19.0. The molecule has 2 amide bonds. The first-order valence-electron chi connectivity index (χ1n) is 10.0. The number of amides is 2. The first-order chi connectivity index (χ1) is 13.5. The maximum absolute atomic E-state index is 13.1. The number of nitrogens with one attached hydrogen (secondary N) is 1. The Labute approximate surface area is 165 Å². The molecule has 0 radical (unpaired) electrons. The quantitative estimate of drug-likeness (QED) is 0.883. The van der Waals surface area contributed by atoms with Gasteiger partial charge in [0.05, 0.1) is 0 Å². The van der Waals surface area contributed by atoms with Gasteiger partial charge >= 0.3 is 0 Å². The fourth-order valence-electron chi connectivity index (χ4n) is 4.00. The standard InChI is InChI=1S/C22H27N3O3/c1-15(2)25-10-3-5-19(25)22(27)24-11-9-16-7-8-18(13-17(16)14-24)23-21(26)20-6-4-12-28-20/h3,5,7-8,10,13,15,20H,4,6,9,11-12,14H2,1-2H3,(H,23,26)/t20-/m1/s1. The number of nitrogens with zero attached hydrogens (tertiary/aromatic N) is 2. The van der Waals surface area contributed by atoms with Gasteiger partial charge in [0, 0.05) is 37.6 Å². The topological polar surface area (TPSA) is 63.6 Å². The minimum atomic E-state index is -0.349. The molecule has 0 aliphatic carbocycles. The van der Waals surface area contributed by atoms with Gasteiger partial charge in [-0.1, -0.05) is 6.07 Å². The van der Waals surface area contributed by atoms with E-state index in [1.807, 2.05) is 39.9 Å². The van der Waals surface area contributed by atoms with E-state index in [9.17, 15) is 9.59 Å². The van der Waals surface area contributed by atoms with Crippen molar-refractivity contribution in [2.75, 3.05) is 18.5 Å². The Kier molecular flexibility index (Phi) is 5.22. The van der Waals surface area contributed by atoms with Crippen LogP contribution >= 0.6 is 0 Å². The van der Waals surface area contributed by atoms with Crippen LogP contribution in [-0.4, -0.2) is 40.5 Å². The summed E-state index contributed by atoms with van der Waals surface area (Å²) >= 11 is 0. The van der Waals surface area contributed by atoms with Crippen molar-refractivity contribution in [1.82, 2.24) is 9.47 Å². The molecule has 1 aromatic heterocycles. The zero-order valence-corrected chi connectivity index (χ0v) is 16.5. The molecule has 1 atom stereocenters. The number of aromatic nitrogens is 1. The van der Waals surface area contributed by atoms with Crippen LogP contribution in [0.2, 0.25) is 0 Å². The molecular weight excluding hydrogens is 354 g/mol. The summed E-state index contributed by atoms with van der Waals surface area (Å²) in [6, 6.07) is 10.0. The largest absolute Gasteiger partial charge is 0.368 e. The fraction of sp³-hybridized carbons (Fsp3) is 0.455. The van der Waals surface area contributed by atoms with E-state index in [1.54, 1.807) is 0 Å². The number of ether oxygens (including phenoxy) is 1. The second-order valence-electron chi connectivity index (χ2n) is 7.85. The zero-order valence-electron chi connectivity index (χ0n) is 16.5. The molecular formula is C22H27N3O3. The minimum Gasteiger partial charge on any atom is -0.368 e. The van der Waals surface area contributed by atoms with Crippen LogP contribution in [0.25, 0.3) is 0 Å². The van der Waals surface area contributed by atoms with Gasteiger partial charge in [-0.25, -0.2) is 0 Å². The van der Waals surface area contributed by atoms with Crippen LogP contribution < -0.4 is 5.32 Å². The van der Waals surface area contributed by atoms with Gasteiger partial charge in [-0.3, -0.25) is 9.59 Å². The summed E-state index contributed by atoms with van der Waals surface area (Å²) in [6.45, 7) is 6.06. The molecule has 6 heteroatoms. The van der Waals surface area contributed by atoms with Crippen LogP contribution in [0.15, 0.2) is 36.5 Å². The fourth-order valence-corrected chi connectivity index (χ4v) is 4.00. The number of carbonyl (C=O) groups excluding carboxylic acids is 2. The van der Waals surface area contributed by atoms with Gasteiger partial charge < -0.3 is 19.5 Å². The Morgan fingerprint density at radius 2 is 2.07 bits per heavy atom. The molecule has 1 N–H and O–H groups in total. The first kappa shape index (κ1) is 18.7. The van der Waals surface area contributed by atoms with Crippen molar-refractivity contribution in [1.29, 1.82) is 0 Å². The summed E-state index contributed by atoms with van der Waals surface area (Å²) in [5.41, 5.74) is 3.81. The van der Waals surface area contributed by atoms with Gasteiger partial charge in [-0.15, -0.1) is 0 Å². The third-order valence-electron chi connectivity index (χ3n) is 5.55. The summed E-state index contributed by atoms with van der Waals surface area (Å²) < 4.78 is 7.46. The summed E-state index contributed by atoms with van der Waals surface area (Å²) in [5.74, 6) is -0.0332. The summed E-state index contributed by atoms with van der Waals surface area (Å²) in [7, 11) is 0. The van der Waals surface area contributed by atoms with Crippen molar-refractivity contribution >= 4 is 17.5 Å². The molecule has 148 valence electrons. The van der Waals surface area contributed by atoms with E-state index in [2.05, 4.69) is 25.2 Å². The van der Waals surface area contributed by atoms with Gasteiger partial charge in [-0.2, -0.15) is 0 Å². The highest BCUT2D eigenvalue weighted by Gasteiger charge is 2.26. The number of hydrogen-bond donors (Lipinski definition) is 1. The van der Waals surface area contributed by atoms with Crippen molar-refractivity contribution in [3.63, 3.8) is 0 Å². The number of benzene rings is 1. The van der Waals surface area contributed by atoms with Gasteiger partial charge in [0.1, 0.15) is 11.8 Å². The smallest absolute Gasteiger partial charge is 0.270 e. The van der Waals surface area contributed by atoms with E-state index >= 15 is 0 Å². The van der Waals surface area contributed by atoms with Crippen LogP contribution in [0.1, 0.15) is 54.3 Å². The van der Waals surface area contributed by atoms with E-state index in [4.69, 9.17) is 4.74 Å². The highest BCUT2D eigenvalue weighted by Crippen LogP contribution is 2.25. The highest BCUT2D eigenvalue weighted by atomic mass is 16.5. The molecule has 2 aliphatic rings. The highest BCUT2D eigenvalue weighted by molar-refractivity contribution is 5.95. The molecule has 0 bridgehead atoms. The Morgan fingerprint density at radius 1 is 1.21 bits per heavy atom. The van der Waals surface area contributed by atoms with Crippen LogP contribution in [0.3, 0.4) is 0 Å². The SMILES string of the molecule is CC(C)n1cccc1C(=O)N1CCc2ccc(NC(=O)[C@H]3CCCO3)cc2C1. The van der Waals surface area contributed by atoms with Gasteiger partial charge in [0.25, 0.3) is 11.8 Å². The van der Waals surface area contributed by atoms with Crippen molar-refractivity contribution < 1.29 is 14.3 Å². The van der Waals surface area contributed by atoms with E-state index < -0.39 is 0 Å². The lowest BCUT2D eigenvalue weighted by atomic mass is 9.98. The van der Waals surface area contributed by atoms with Crippen LogP contribution in [0.5, 0.6) is 0 Å². The molecule has 2 aromatic rings. The second-order valence-corrected chi connectivity index (χ2v) is 7.85. The summed E-state index contributed by atoms with van der Waals surface area (Å²) in [6.07, 6.45) is 4.13. The molecule has 0 saturated carbocycles. The van der Waals surface area contributed by atoms with Crippen molar-refractivity contribution in [2.45, 2.75) is 51.8 Å². The number of fused-ring (bicyclic) bond motifs is 1. The van der Waals surface area contributed by atoms with E-state index in [-0.39, 0.29) is 24.0 Å². The molecule has 4 rings (SSSR count). The minimum absolute atomic E-state index is 0.0538. The lowest BCUT2D eigenvalue weighted by molar-refractivity contribution is -0.124. The van der Waals surface area contributed by atoms with Crippen molar-refractivity contribution in [3.8, 4) is 0 Å². The Bertz CT molecular complexity index is 881. The molecule has 0 unspecified atom stereocenters. The van der Waals surface area contributed by atoms with E-state index in [0.717, 1.165) is 36.2 Å². The molecule has 1 fully saturated rings. The van der Waals surface area contributed by atoms with Crippen molar-refractivity contribution in [2.24, 2.45) is 0 Å². The van der Waals surface area contributed by atoms with Crippen molar-refractivity contribution in [3.05, 3.63) is 53.3 Å². The summed E-state index contributed by atoms with van der Waals surface area (Å²) in [4.78, 5) is 27.3. The number of rotatable bonds is 4. The second kappa shape index (κ2) is 7.80. The molecule has 0 spiro atoms. The predicted molar refractivity (Wildman–Crippen MR) is 107 cm³/mol. The zero-order chi connectivity index (χ0) is 19.7. The average Bonchev–Trinajstić information content (AvgIpc) is 3.38. The lowest BCUT2D eigenvalue weighted by Gasteiger charge is -2.30. The third kappa shape index (κ3) is 3.69. The number of carbonyl (C=O) groups is 2. The molecule has 6 nitrogen and oxygen atoms in total. The van der Waals surface area contributed by atoms with Gasteiger partial charge in [0.2, 0.25) is 0 Å². The first-order valence-corrected chi connectivity index (χ1v) is 10.0. The maximum atomic E-state index is 13.1.